The van der Waals surface area contributed by atoms with Gasteiger partial charge in [-0.05, 0) is 39.8 Å². The molecule has 0 saturated heterocycles. The van der Waals surface area contributed by atoms with E-state index in [1.165, 1.54) is 0 Å². The van der Waals surface area contributed by atoms with E-state index in [0.29, 0.717) is 52.7 Å². The molecule has 0 unspecified atom stereocenters. The molecule has 0 amide bonds. The van der Waals surface area contributed by atoms with E-state index in [9.17, 15) is 0 Å². The van der Waals surface area contributed by atoms with Crippen LogP contribution in [-0.2, 0) is 6.61 Å². The summed E-state index contributed by atoms with van der Waals surface area (Å²) in [7, 11) is 0. The maximum absolute atomic E-state index is 8.28. The molecule has 0 saturated carbocycles. The summed E-state index contributed by atoms with van der Waals surface area (Å²) in [6.45, 7) is 10.1. The number of aryl methyl sites for hydroxylation is 1. The standard InChI is InChI=1S/C22H27N5O3/c1-6-28-22-17(8-7-9-24-22)18-10-19(29-12-16-11-25-15(5)30-16)21(26-13(2)3)20(27-18)14(4)23/h7-11,13,23,26H,6,12H2,1-5H3. The van der Waals surface area contributed by atoms with Crippen molar-refractivity contribution in [3.05, 3.63) is 47.9 Å². The third-order valence-electron chi connectivity index (χ3n) is 4.14. The lowest BCUT2D eigenvalue weighted by Gasteiger charge is -2.20. The van der Waals surface area contributed by atoms with Crippen molar-refractivity contribution in [3.8, 4) is 22.9 Å². The molecule has 8 nitrogen and oxygen atoms in total. The molecule has 0 aliphatic heterocycles. The van der Waals surface area contributed by atoms with Gasteiger partial charge in [0.15, 0.2) is 11.7 Å². The molecule has 0 radical (unpaired) electrons. The number of rotatable bonds is 9. The predicted molar refractivity (Wildman–Crippen MR) is 115 cm³/mol. The third-order valence-corrected chi connectivity index (χ3v) is 4.14. The molecule has 0 aromatic carbocycles. The summed E-state index contributed by atoms with van der Waals surface area (Å²) in [4.78, 5) is 13.2. The summed E-state index contributed by atoms with van der Waals surface area (Å²) in [5, 5.41) is 11.6. The van der Waals surface area contributed by atoms with Gasteiger partial charge in [0.05, 0.1) is 29.8 Å². The van der Waals surface area contributed by atoms with E-state index in [2.05, 4.69) is 15.3 Å². The van der Waals surface area contributed by atoms with Crippen LogP contribution in [0.3, 0.4) is 0 Å². The van der Waals surface area contributed by atoms with Crippen molar-refractivity contribution in [3.63, 3.8) is 0 Å². The van der Waals surface area contributed by atoms with Crippen LogP contribution < -0.4 is 14.8 Å². The van der Waals surface area contributed by atoms with Gasteiger partial charge in [0.2, 0.25) is 5.88 Å². The van der Waals surface area contributed by atoms with Crippen molar-refractivity contribution in [2.24, 2.45) is 0 Å². The van der Waals surface area contributed by atoms with Crippen LogP contribution >= 0.6 is 0 Å². The molecule has 158 valence electrons. The van der Waals surface area contributed by atoms with Gasteiger partial charge in [-0.2, -0.15) is 0 Å². The Morgan fingerprint density at radius 2 is 2.07 bits per heavy atom. The molecule has 8 heteroatoms. The molecule has 3 aromatic heterocycles. The molecular weight excluding hydrogens is 382 g/mol. The van der Waals surface area contributed by atoms with Crippen LogP contribution in [0, 0.1) is 12.3 Å². The van der Waals surface area contributed by atoms with E-state index < -0.39 is 0 Å². The minimum absolute atomic E-state index is 0.128. The maximum atomic E-state index is 8.28. The minimum Gasteiger partial charge on any atom is -0.483 e. The number of anilines is 1. The Kier molecular flexibility index (Phi) is 6.66. The van der Waals surface area contributed by atoms with Crippen LogP contribution in [0.2, 0.25) is 0 Å². The van der Waals surface area contributed by atoms with Gasteiger partial charge < -0.3 is 24.6 Å². The van der Waals surface area contributed by atoms with Crippen LogP contribution in [0.5, 0.6) is 11.6 Å². The van der Waals surface area contributed by atoms with E-state index in [0.717, 1.165) is 5.56 Å². The molecule has 0 spiro atoms. The van der Waals surface area contributed by atoms with Crippen LogP contribution in [0.1, 0.15) is 45.0 Å². The SMILES string of the molecule is CCOc1ncccc1-c1cc(OCc2cnc(C)o2)c(NC(C)C)c(C(C)=N)n1. The van der Waals surface area contributed by atoms with Crippen LogP contribution in [-0.4, -0.2) is 33.3 Å². The highest BCUT2D eigenvalue weighted by molar-refractivity contribution is 6.01. The molecule has 30 heavy (non-hydrogen) atoms. The Balaban J connectivity index is 2.10. The zero-order chi connectivity index (χ0) is 21.7. The molecule has 3 aromatic rings. The van der Waals surface area contributed by atoms with E-state index >= 15 is 0 Å². The quantitative estimate of drug-likeness (QED) is 0.496. The highest BCUT2D eigenvalue weighted by Gasteiger charge is 2.20. The zero-order valence-electron chi connectivity index (χ0n) is 17.9. The average Bonchev–Trinajstić information content (AvgIpc) is 3.12. The number of pyridine rings is 2. The van der Waals surface area contributed by atoms with Gasteiger partial charge in [-0.1, -0.05) is 0 Å². The number of hydrogen-bond donors (Lipinski definition) is 2. The Morgan fingerprint density at radius 3 is 2.70 bits per heavy atom. The lowest BCUT2D eigenvalue weighted by Crippen LogP contribution is -2.16. The minimum atomic E-state index is 0.128. The number of nitrogens with zero attached hydrogens (tertiary/aromatic N) is 3. The Bertz CT molecular complexity index is 1030. The fraction of sp³-hybridized carbons (Fsp3) is 0.364. The molecular formula is C22H27N5O3. The first-order chi connectivity index (χ1) is 14.4. The largest absolute Gasteiger partial charge is 0.483 e. The molecule has 3 heterocycles. The van der Waals surface area contributed by atoms with Gasteiger partial charge in [0.1, 0.15) is 23.7 Å². The van der Waals surface area contributed by atoms with E-state index in [1.807, 2.05) is 39.0 Å². The highest BCUT2D eigenvalue weighted by atomic mass is 16.5. The van der Waals surface area contributed by atoms with Gasteiger partial charge in [-0.15, -0.1) is 0 Å². The second-order valence-electron chi connectivity index (χ2n) is 7.08. The first kappa shape index (κ1) is 21.3. The molecule has 0 aliphatic rings. The number of aromatic nitrogens is 3. The third kappa shape index (κ3) is 4.94. The lowest BCUT2D eigenvalue weighted by molar-refractivity contribution is 0.268. The smallest absolute Gasteiger partial charge is 0.222 e. The van der Waals surface area contributed by atoms with Crippen molar-refractivity contribution in [2.45, 2.75) is 47.3 Å². The van der Waals surface area contributed by atoms with Gasteiger partial charge in [0, 0.05) is 25.2 Å². The van der Waals surface area contributed by atoms with E-state index in [4.69, 9.17) is 24.3 Å². The second-order valence-corrected chi connectivity index (χ2v) is 7.08. The molecule has 3 rings (SSSR count). The number of ether oxygens (including phenoxy) is 2. The summed E-state index contributed by atoms with van der Waals surface area (Å²) in [5.74, 6) is 2.25. The van der Waals surface area contributed by atoms with Crippen molar-refractivity contribution < 1.29 is 13.9 Å². The summed E-state index contributed by atoms with van der Waals surface area (Å²) in [6, 6.07) is 5.68. The topological polar surface area (TPSA) is 106 Å². The van der Waals surface area contributed by atoms with Gasteiger partial charge >= 0.3 is 0 Å². The zero-order valence-corrected chi connectivity index (χ0v) is 17.9. The van der Waals surface area contributed by atoms with Crippen LogP contribution in [0.25, 0.3) is 11.3 Å². The summed E-state index contributed by atoms with van der Waals surface area (Å²) in [5.41, 5.74) is 2.85. The Morgan fingerprint density at radius 1 is 1.27 bits per heavy atom. The molecule has 0 bridgehead atoms. The number of nitrogens with one attached hydrogen (secondary N) is 2. The molecule has 2 N–H and O–H groups in total. The van der Waals surface area contributed by atoms with Crippen molar-refractivity contribution in [1.82, 2.24) is 15.0 Å². The maximum Gasteiger partial charge on any atom is 0.222 e. The first-order valence-electron chi connectivity index (χ1n) is 9.88. The van der Waals surface area contributed by atoms with E-state index in [1.54, 1.807) is 26.2 Å². The summed E-state index contributed by atoms with van der Waals surface area (Å²) >= 11 is 0. The Hall–Kier alpha value is -3.42. The number of hydrogen-bond acceptors (Lipinski definition) is 8. The van der Waals surface area contributed by atoms with Crippen molar-refractivity contribution in [1.29, 1.82) is 5.41 Å². The van der Waals surface area contributed by atoms with E-state index in [-0.39, 0.29) is 12.6 Å². The van der Waals surface area contributed by atoms with Gasteiger partial charge in [0.25, 0.3) is 0 Å². The first-order valence-corrected chi connectivity index (χ1v) is 9.88. The monoisotopic (exact) mass is 409 g/mol. The fourth-order valence-corrected chi connectivity index (χ4v) is 2.93. The second kappa shape index (κ2) is 9.39. The summed E-state index contributed by atoms with van der Waals surface area (Å²) < 4.78 is 17.3. The molecule has 0 atom stereocenters. The highest BCUT2D eigenvalue weighted by Crippen LogP contribution is 2.36. The molecule has 0 fully saturated rings. The molecule has 0 aliphatic carbocycles. The summed E-state index contributed by atoms with van der Waals surface area (Å²) in [6.07, 6.45) is 3.32. The lowest BCUT2D eigenvalue weighted by atomic mass is 10.1. The van der Waals surface area contributed by atoms with Crippen molar-refractivity contribution >= 4 is 11.4 Å². The Labute approximate surface area is 176 Å². The number of oxazole rings is 1. The van der Waals surface area contributed by atoms with Crippen molar-refractivity contribution in [2.75, 3.05) is 11.9 Å². The van der Waals surface area contributed by atoms with Crippen LogP contribution in [0.4, 0.5) is 5.69 Å². The van der Waals surface area contributed by atoms with Gasteiger partial charge in [-0.3, -0.25) is 0 Å². The van der Waals surface area contributed by atoms with Crippen LogP contribution in [0.15, 0.2) is 35.0 Å². The predicted octanol–water partition coefficient (Wildman–Crippen LogP) is 4.63. The fourth-order valence-electron chi connectivity index (χ4n) is 2.93. The van der Waals surface area contributed by atoms with Gasteiger partial charge in [-0.25, -0.2) is 15.0 Å². The normalized spacial score (nSPS) is 10.9. The average molecular weight is 409 g/mol.